The Hall–Kier alpha value is -4.15. The highest BCUT2D eigenvalue weighted by atomic mass is 16.5. The number of aryl methyl sites for hydroxylation is 1. The van der Waals surface area contributed by atoms with Gasteiger partial charge in [0, 0.05) is 17.5 Å². The fourth-order valence-corrected chi connectivity index (χ4v) is 3.20. The number of rotatable bonds is 12. The minimum atomic E-state index is -0.506. The molecule has 3 aromatic rings. The quantitative estimate of drug-likeness (QED) is 0.377. The third-order valence-corrected chi connectivity index (χ3v) is 4.73. The van der Waals surface area contributed by atoms with Crippen LogP contribution in [0.15, 0.2) is 42.5 Å². The average Bonchev–Trinajstić information content (AvgIpc) is 3.34. The number of benzene rings is 2. The molecule has 0 saturated carbocycles. The van der Waals surface area contributed by atoms with E-state index in [9.17, 15) is 9.59 Å². The maximum atomic E-state index is 12.7. The summed E-state index contributed by atoms with van der Waals surface area (Å²) in [5.74, 6) is 0.903. The Morgan fingerprint density at radius 1 is 0.914 bits per heavy atom. The SMILES string of the molecule is CCOc1cc(C(=O)NNC(=O)CCCn2nnc(-c3ccccc3)n2)cc(OCC)c1OCC. The zero-order valence-electron chi connectivity index (χ0n) is 20.1. The Kier molecular flexibility index (Phi) is 9.40. The molecule has 1 aromatic heterocycles. The molecule has 2 N–H and O–H groups in total. The summed E-state index contributed by atoms with van der Waals surface area (Å²) in [4.78, 5) is 26.3. The fraction of sp³-hybridized carbons (Fsp3) is 0.375. The highest BCUT2D eigenvalue weighted by Crippen LogP contribution is 2.39. The number of nitrogens with one attached hydrogen (secondary N) is 2. The van der Waals surface area contributed by atoms with E-state index in [-0.39, 0.29) is 17.9 Å². The number of hydrazine groups is 1. The van der Waals surface area contributed by atoms with Crippen LogP contribution in [0.25, 0.3) is 11.4 Å². The van der Waals surface area contributed by atoms with E-state index in [1.165, 1.54) is 4.80 Å². The summed E-state index contributed by atoms with van der Waals surface area (Å²) in [5.41, 5.74) is 5.98. The van der Waals surface area contributed by atoms with E-state index < -0.39 is 5.91 Å². The Morgan fingerprint density at radius 3 is 2.20 bits per heavy atom. The van der Waals surface area contributed by atoms with E-state index in [0.29, 0.717) is 55.9 Å². The lowest BCUT2D eigenvalue weighted by Gasteiger charge is -2.17. The molecule has 186 valence electrons. The lowest BCUT2D eigenvalue weighted by Crippen LogP contribution is -2.41. The standard InChI is InChI=1S/C24H30N6O5/c1-4-33-19-15-18(16-20(34-5-2)22(19)35-6-3)24(32)27-25-21(31)13-10-14-30-28-23(26-29-30)17-11-8-7-9-12-17/h7-9,11-12,15-16H,4-6,10,13-14H2,1-3H3,(H,25,31)(H,27,32). The molecule has 2 amide bonds. The molecule has 0 spiro atoms. The summed E-state index contributed by atoms with van der Waals surface area (Å²) in [7, 11) is 0. The van der Waals surface area contributed by atoms with Crippen LogP contribution in [0.2, 0.25) is 0 Å². The van der Waals surface area contributed by atoms with Crippen molar-refractivity contribution < 1.29 is 23.8 Å². The molecule has 0 saturated heterocycles. The molecule has 2 aromatic carbocycles. The number of carbonyl (C=O) groups is 2. The number of carbonyl (C=O) groups excluding carboxylic acids is 2. The van der Waals surface area contributed by atoms with Crippen molar-refractivity contribution in [2.24, 2.45) is 0 Å². The summed E-state index contributed by atoms with van der Waals surface area (Å²) < 4.78 is 16.9. The normalized spacial score (nSPS) is 10.5. The number of tetrazole rings is 1. The van der Waals surface area contributed by atoms with Gasteiger partial charge in [-0.1, -0.05) is 30.3 Å². The van der Waals surface area contributed by atoms with Gasteiger partial charge in [0.05, 0.1) is 26.4 Å². The molecule has 0 fully saturated rings. The van der Waals surface area contributed by atoms with E-state index >= 15 is 0 Å². The molecule has 35 heavy (non-hydrogen) atoms. The van der Waals surface area contributed by atoms with Crippen LogP contribution < -0.4 is 25.1 Å². The predicted molar refractivity (Wildman–Crippen MR) is 128 cm³/mol. The zero-order valence-corrected chi connectivity index (χ0v) is 20.1. The van der Waals surface area contributed by atoms with Gasteiger partial charge in [0.15, 0.2) is 11.5 Å². The Morgan fingerprint density at radius 2 is 1.57 bits per heavy atom. The third kappa shape index (κ3) is 7.16. The van der Waals surface area contributed by atoms with Gasteiger partial charge in [-0.05, 0) is 44.5 Å². The number of aromatic nitrogens is 4. The molecular weight excluding hydrogens is 452 g/mol. The first-order valence-corrected chi connectivity index (χ1v) is 11.5. The van der Waals surface area contributed by atoms with Crippen molar-refractivity contribution in [1.82, 2.24) is 31.1 Å². The number of hydrogen-bond donors (Lipinski definition) is 2. The van der Waals surface area contributed by atoms with Gasteiger partial charge in [-0.25, -0.2) is 0 Å². The van der Waals surface area contributed by atoms with Crippen LogP contribution in [0.3, 0.4) is 0 Å². The van der Waals surface area contributed by atoms with Crippen molar-refractivity contribution in [3.63, 3.8) is 0 Å². The second kappa shape index (κ2) is 12.9. The number of ether oxygens (including phenoxy) is 3. The van der Waals surface area contributed by atoms with Crippen LogP contribution in [0.5, 0.6) is 17.2 Å². The first-order valence-electron chi connectivity index (χ1n) is 11.5. The molecule has 1 heterocycles. The van der Waals surface area contributed by atoms with Gasteiger partial charge in [0.2, 0.25) is 17.5 Å². The van der Waals surface area contributed by atoms with Crippen molar-refractivity contribution in [1.29, 1.82) is 0 Å². The average molecular weight is 483 g/mol. The van der Waals surface area contributed by atoms with E-state index in [0.717, 1.165) is 5.56 Å². The van der Waals surface area contributed by atoms with Gasteiger partial charge in [0.25, 0.3) is 5.91 Å². The van der Waals surface area contributed by atoms with Crippen LogP contribution >= 0.6 is 0 Å². The molecule has 0 aliphatic carbocycles. The number of amides is 2. The van der Waals surface area contributed by atoms with Gasteiger partial charge in [-0.2, -0.15) is 4.80 Å². The largest absolute Gasteiger partial charge is 0.490 e. The van der Waals surface area contributed by atoms with E-state index in [1.54, 1.807) is 12.1 Å². The molecule has 11 heteroatoms. The Balaban J connectivity index is 1.52. The summed E-state index contributed by atoms with van der Waals surface area (Å²) in [6, 6.07) is 12.6. The molecule has 3 rings (SSSR count). The monoisotopic (exact) mass is 482 g/mol. The summed E-state index contributed by atoms with van der Waals surface area (Å²) >= 11 is 0. The number of hydrogen-bond acceptors (Lipinski definition) is 8. The van der Waals surface area contributed by atoms with Gasteiger partial charge < -0.3 is 14.2 Å². The van der Waals surface area contributed by atoms with Gasteiger partial charge in [-0.3, -0.25) is 20.4 Å². The minimum absolute atomic E-state index is 0.167. The maximum absolute atomic E-state index is 12.7. The van der Waals surface area contributed by atoms with Crippen molar-refractivity contribution in [3.8, 4) is 28.6 Å². The first-order chi connectivity index (χ1) is 17.0. The molecule has 0 aliphatic rings. The van der Waals surface area contributed by atoms with Gasteiger partial charge in [0.1, 0.15) is 0 Å². The molecular formula is C24H30N6O5. The predicted octanol–water partition coefficient (Wildman–Crippen LogP) is 2.78. The second-order valence-electron chi connectivity index (χ2n) is 7.28. The lowest BCUT2D eigenvalue weighted by atomic mass is 10.1. The Labute approximate surface area is 203 Å². The van der Waals surface area contributed by atoms with Crippen molar-refractivity contribution in [2.75, 3.05) is 19.8 Å². The van der Waals surface area contributed by atoms with Crippen molar-refractivity contribution in [3.05, 3.63) is 48.0 Å². The van der Waals surface area contributed by atoms with Crippen LogP contribution in [-0.4, -0.2) is 51.8 Å². The van der Waals surface area contributed by atoms with Crippen LogP contribution in [0.1, 0.15) is 44.0 Å². The summed E-state index contributed by atoms with van der Waals surface area (Å²) in [6.07, 6.45) is 0.637. The van der Waals surface area contributed by atoms with Crippen LogP contribution in [0, 0.1) is 0 Å². The zero-order chi connectivity index (χ0) is 25.0. The van der Waals surface area contributed by atoms with Crippen molar-refractivity contribution in [2.45, 2.75) is 40.2 Å². The fourth-order valence-electron chi connectivity index (χ4n) is 3.20. The molecule has 11 nitrogen and oxygen atoms in total. The molecule has 0 unspecified atom stereocenters. The highest BCUT2D eigenvalue weighted by Gasteiger charge is 2.18. The van der Waals surface area contributed by atoms with Gasteiger partial charge in [-0.15, -0.1) is 10.2 Å². The molecule has 0 atom stereocenters. The van der Waals surface area contributed by atoms with Crippen LogP contribution in [-0.2, 0) is 11.3 Å². The van der Waals surface area contributed by atoms with Gasteiger partial charge >= 0.3 is 0 Å². The van der Waals surface area contributed by atoms with Crippen LogP contribution in [0.4, 0.5) is 0 Å². The molecule has 0 radical (unpaired) electrons. The third-order valence-electron chi connectivity index (χ3n) is 4.73. The maximum Gasteiger partial charge on any atom is 0.269 e. The first kappa shape index (κ1) is 25.5. The van der Waals surface area contributed by atoms with E-state index in [4.69, 9.17) is 14.2 Å². The number of nitrogens with zero attached hydrogens (tertiary/aromatic N) is 4. The smallest absolute Gasteiger partial charge is 0.269 e. The summed E-state index contributed by atoms with van der Waals surface area (Å²) in [6.45, 7) is 7.13. The van der Waals surface area contributed by atoms with E-state index in [2.05, 4.69) is 26.3 Å². The molecule has 0 bridgehead atoms. The minimum Gasteiger partial charge on any atom is -0.490 e. The topological polar surface area (TPSA) is 129 Å². The Bertz CT molecular complexity index is 1090. The van der Waals surface area contributed by atoms with E-state index in [1.807, 2.05) is 51.1 Å². The van der Waals surface area contributed by atoms with Crippen molar-refractivity contribution >= 4 is 11.8 Å². The molecule has 0 aliphatic heterocycles. The lowest BCUT2D eigenvalue weighted by molar-refractivity contribution is -0.122. The second-order valence-corrected chi connectivity index (χ2v) is 7.28. The summed E-state index contributed by atoms with van der Waals surface area (Å²) in [5, 5.41) is 12.4. The highest BCUT2D eigenvalue weighted by molar-refractivity contribution is 5.96.